The summed E-state index contributed by atoms with van der Waals surface area (Å²) in [5.74, 6) is -1.02. The van der Waals surface area contributed by atoms with E-state index in [2.05, 4.69) is 37.1 Å². The Hall–Kier alpha value is -3.39. The average molecular weight is 418 g/mol. The maximum absolute atomic E-state index is 15.1. The largest absolute Gasteiger partial charge is 0.362 e. The van der Waals surface area contributed by atoms with E-state index in [-0.39, 0.29) is 16.7 Å². The first kappa shape index (κ1) is 22.3. The Labute approximate surface area is 183 Å². The molecule has 0 aromatic heterocycles. The van der Waals surface area contributed by atoms with Gasteiger partial charge in [0.05, 0.1) is 5.54 Å². The van der Waals surface area contributed by atoms with Crippen LogP contribution in [-0.4, -0.2) is 18.0 Å². The highest BCUT2D eigenvalue weighted by atomic mass is 19.1. The number of benzene rings is 2. The minimum Gasteiger partial charge on any atom is -0.362 e. The van der Waals surface area contributed by atoms with E-state index in [1.165, 1.54) is 12.1 Å². The van der Waals surface area contributed by atoms with Crippen LogP contribution in [0.1, 0.15) is 50.8 Å². The highest BCUT2D eigenvalue weighted by Gasteiger charge is 2.31. The standard InChI is InChI=1S/C26H28FN3O/c1-6-11-30-24-14-23(27)19(13-22(24)18(3)15-26(30,4)5)12-20(16-28)25(31)29-21-9-7-17(2)8-10-21/h7-10,12-15H,6,11H2,1-5H3,(H,29,31)/b20-12+. The predicted octanol–water partition coefficient (Wildman–Crippen LogP) is 6.09. The summed E-state index contributed by atoms with van der Waals surface area (Å²) in [6.45, 7) is 11.1. The number of rotatable bonds is 5. The van der Waals surface area contributed by atoms with Gasteiger partial charge in [-0.2, -0.15) is 5.26 Å². The lowest BCUT2D eigenvalue weighted by molar-refractivity contribution is -0.112. The molecule has 31 heavy (non-hydrogen) atoms. The molecular weight excluding hydrogens is 389 g/mol. The van der Waals surface area contributed by atoms with Gasteiger partial charge < -0.3 is 10.2 Å². The monoisotopic (exact) mass is 417 g/mol. The fraction of sp³-hybridized carbons (Fsp3) is 0.308. The summed E-state index contributed by atoms with van der Waals surface area (Å²) >= 11 is 0. The Morgan fingerprint density at radius 3 is 2.52 bits per heavy atom. The maximum atomic E-state index is 15.1. The van der Waals surface area contributed by atoms with E-state index in [1.807, 2.05) is 32.0 Å². The fourth-order valence-electron chi connectivity index (χ4n) is 4.00. The summed E-state index contributed by atoms with van der Waals surface area (Å²) < 4.78 is 15.1. The molecule has 1 N–H and O–H groups in total. The van der Waals surface area contributed by atoms with Gasteiger partial charge in [-0.05, 0) is 70.0 Å². The molecule has 2 aromatic rings. The van der Waals surface area contributed by atoms with Crippen LogP contribution in [0.3, 0.4) is 0 Å². The summed E-state index contributed by atoms with van der Waals surface area (Å²) in [7, 11) is 0. The van der Waals surface area contributed by atoms with E-state index in [0.29, 0.717) is 5.69 Å². The number of nitrogens with one attached hydrogen (secondary N) is 1. The number of allylic oxidation sites excluding steroid dienone is 1. The number of carbonyl (C=O) groups is 1. The number of carbonyl (C=O) groups excluding carboxylic acids is 1. The van der Waals surface area contributed by atoms with E-state index in [1.54, 1.807) is 18.2 Å². The Morgan fingerprint density at radius 2 is 1.90 bits per heavy atom. The van der Waals surface area contributed by atoms with Gasteiger partial charge in [-0.1, -0.05) is 30.7 Å². The minimum atomic E-state index is -0.565. The van der Waals surface area contributed by atoms with Crippen molar-refractivity contribution in [3.63, 3.8) is 0 Å². The first-order chi connectivity index (χ1) is 14.7. The van der Waals surface area contributed by atoms with Crippen LogP contribution in [0, 0.1) is 24.1 Å². The van der Waals surface area contributed by atoms with Crippen LogP contribution >= 0.6 is 0 Å². The topological polar surface area (TPSA) is 56.1 Å². The zero-order chi connectivity index (χ0) is 22.8. The number of hydrogen-bond acceptors (Lipinski definition) is 3. The Bertz CT molecular complexity index is 1100. The van der Waals surface area contributed by atoms with Gasteiger partial charge in [-0.15, -0.1) is 0 Å². The Morgan fingerprint density at radius 1 is 1.23 bits per heavy atom. The molecule has 0 bridgehead atoms. The third-order valence-electron chi connectivity index (χ3n) is 5.52. The molecule has 1 aliphatic rings. The van der Waals surface area contributed by atoms with Crippen LogP contribution in [0.2, 0.25) is 0 Å². The summed E-state index contributed by atoms with van der Waals surface area (Å²) in [5, 5.41) is 12.2. The van der Waals surface area contributed by atoms with Gasteiger partial charge in [0.15, 0.2) is 0 Å². The van der Waals surface area contributed by atoms with Crippen molar-refractivity contribution in [3.05, 3.63) is 70.6 Å². The van der Waals surface area contributed by atoms with Crippen LogP contribution in [0.25, 0.3) is 11.6 Å². The number of fused-ring (bicyclic) bond motifs is 1. The second-order valence-corrected chi connectivity index (χ2v) is 8.51. The van der Waals surface area contributed by atoms with E-state index >= 15 is 4.39 Å². The van der Waals surface area contributed by atoms with Gasteiger partial charge >= 0.3 is 0 Å². The molecule has 3 rings (SSSR count). The van der Waals surface area contributed by atoms with E-state index in [9.17, 15) is 10.1 Å². The summed E-state index contributed by atoms with van der Waals surface area (Å²) in [6.07, 6.45) is 4.43. The lowest BCUT2D eigenvalue weighted by atomic mass is 9.87. The third-order valence-corrected chi connectivity index (χ3v) is 5.52. The van der Waals surface area contributed by atoms with Crippen molar-refractivity contribution >= 4 is 28.9 Å². The lowest BCUT2D eigenvalue weighted by Crippen LogP contribution is -2.45. The highest BCUT2D eigenvalue weighted by Crippen LogP contribution is 2.40. The van der Waals surface area contributed by atoms with Crippen LogP contribution in [0.5, 0.6) is 0 Å². The van der Waals surface area contributed by atoms with Gasteiger partial charge in [-0.25, -0.2) is 4.39 Å². The maximum Gasteiger partial charge on any atom is 0.266 e. The van der Waals surface area contributed by atoms with Gasteiger partial charge in [-0.3, -0.25) is 4.79 Å². The van der Waals surface area contributed by atoms with Crippen LogP contribution in [-0.2, 0) is 4.79 Å². The van der Waals surface area contributed by atoms with E-state index < -0.39 is 11.7 Å². The van der Waals surface area contributed by atoms with Crippen molar-refractivity contribution in [2.24, 2.45) is 0 Å². The molecule has 2 aromatic carbocycles. The molecule has 0 atom stereocenters. The quantitative estimate of drug-likeness (QED) is 0.473. The molecule has 160 valence electrons. The normalized spacial score (nSPS) is 15.1. The molecule has 1 heterocycles. The number of anilines is 2. The molecular formula is C26H28FN3O. The first-order valence-electron chi connectivity index (χ1n) is 10.5. The van der Waals surface area contributed by atoms with Crippen LogP contribution in [0.15, 0.2) is 48.0 Å². The zero-order valence-electron chi connectivity index (χ0n) is 18.7. The van der Waals surface area contributed by atoms with Crippen molar-refractivity contribution in [1.29, 1.82) is 5.26 Å². The molecule has 0 saturated carbocycles. The molecule has 0 radical (unpaired) electrons. The number of hydrogen-bond donors (Lipinski definition) is 1. The Balaban J connectivity index is 1.98. The summed E-state index contributed by atoms with van der Waals surface area (Å²) in [4.78, 5) is 14.8. The van der Waals surface area contributed by atoms with Crippen molar-refractivity contribution in [3.8, 4) is 6.07 Å². The number of amides is 1. The van der Waals surface area contributed by atoms with E-state index in [4.69, 9.17) is 0 Å². The van der Waals surface area contributed by atoms with Gasteiger partial charge in [0.2, 0.25) is 0 Å². The second kappa shape index (κ2) is 8.77. The van der Waals surface area contributed by atoms with Crippen molar-refractivity contribution in [1.82, 2.24) is 0 Å². The fourth-order valence-corrected chi connectivity index (χ4v) is 4.00. The van der Waals surface area contributed by atoms with Gasteiger partial charge in [0, 0.05) is 29.0 Å². The lowest BCUT2D eigenvalue weighted by Gasteiger charge is -2.43. The average Bonchev–Trinajstić information content (AvgIpc) is 2.71. The molecule has 0 fully saturated rings. The molecule has 0 aliphatic carbocycles. The number of aryl methyl sites for hydroxylation is 1. The SMILES string of the molecule is CCCN1c2cc(F)c(/C=C(\C#N)C(=O)Nc3ccc(C)cc3)cc2C(C)=CC1(C)C. The second-order valence-electron chi connectivity index (χ2n) is 8.51. The first-order valence-corrected chi connectivity index (χ1v) is 10.5. The molecule has 1 amide bonds. The minimum absolute atomic E-state index is 0.150. The zero-order valence-corrected chi connectivity index (χ0v) is 18.7. The smallest absolute Gasteiger partial charge is 0.266 e. The molecule has 4 nitrogen and oxygen atoms in total. The molecule has 0 saturated heterocycles. The van der Waals surface area contributed by atoms with Crippen LogP contribution < -0.4 is 10.2 Å². The van der Waals surface area contributed by atoms with Gasteiger partial charge in [0.25, 0.3) is 5.91 Å². The molecule has 1 aliphatic heterocycles. The predicted molar refractivity (Wildman–Crippen MR) is 125 cm³/mol. The third kappa shape index (κ3) is 4.69. The van der Waals surface area contributed by atoms with E-state index in [0.717, 1.165) is 35.4 Å². The molecule has 5 heteroatoms. The highest BCUT2D eigenvalue weighted by molar-refractivity contribution is 6.09. The number of nitriles is 1. The molecule has 0 spiro atoms. The van der Waals surface area contributed by atoms with Crippen molar-refractivity contribution in [2.45, 2.75) is 46.6 Å². The van der Waals surface area contributed by atoms with Crippen molar-refractivity contribution in [2.75, 3.05) is 16.8 Å². The number of halogens is 1. The Kier molecular flexibility index (Phi) is 6.31. The molecule has 0 unspecified atom stereocenters. The van der Waals surface area contributed by atoms with Gasteiger partial charge in [0.1, 0.15) is 17.5 Å². The van der Waals surface area contributed by atoms with Crippen LogP contribution in [0.4, 0.5) is 15.8 Å². The summed E-state index contributed by atoms with van der Waals surface area (Å²) in [6, 6.07) is 12.4. The number of nitrogens with zero attached hydrogens (tertiary/aromatic N) is 2. The summed E-state index contributed by atoms with van der Waals surface area (Å²) in [5.41, 5.74) is 4.29. The van der Waals surface area contributed by atoms with Crippen molar-refractivity contribution < 1.29 is 9.18 Å².